The molecule has 30 heavy (non-hydrogen) atoms. The Kier molecular flexibility index (Phi) is 6.67. The number of benzene rings is 2. The largest absolute Gasteiger partial charge is 0.354 e. The minimum absolute atomic E-state index is 0.201. The number of rotatable bonds is 7. The molecule has 0 aliphatic carbocycles. The third-order valence-corrected chi connectivity index (χ3v) is 5.05. The van der Waals surface area contributed by atoms with Crippen molar-refractivity contribution in [1.82, 2.24) is 20.4 Å². The molecule has 0 aliphatic heterocycles. The van der Waals surface area contributed by atoms with Crippen LogP contribution in [-0.2, 0) is 4.79 Å². The van der Waals surface area contributed by atoms with E-state index in [1.54, 1.807) is 17.8 Å². The highest BCUT2D eigenvalue weighted by Gasteiger charge is 2.22. The standard InChI is InChI=1S/C24H28N4O2/c1-5-13-25-23(29)18(4)26-24(30)21-15-28(20-9-7-6-8-10-20)27-22(21)19-12-11-16(2)17(3)14-19/h6-12,14-15,18H,5,13H2,1-4H3,(H,25,29)(H,26,30)/t18-/m0/s1. The fourth-order valence-electron chi connectivity index (χ4n) is 3.10. The highest BCUT2D eigenvalue weighted by molar-refractivity contribution is 6.02. The van der Waals surface area contributed by atoms with E-state index >= 15 is 0 Å². The molecule has 1 aromatic heterocycles. The van der Waals surface area contributed by atoms with Gasteiger partial charge in [-0.05, 0) is 56.5 Å². The summed E-state index contributed by atoms with van der Waals surface area (Å²) in [5.41, 5.74) is 5.03. The van der Waals surface area contributed by atoms with Gasteiger partial charge in [0.2, 0.25) is 5.91 Å². The molecule has 0 saturated heterocycles. The summed E-state index contributed by atoms with van der Waals surface area (Å²) in [6, 6.07) is 15.0. The van der Waals surface area contributed by atoms with Gasteiger partial charge in [0, 0.05) is 18.3 Å². The first-order valence-electron chi connectivity index (χ1n) is 10.2. The summed E-state index contributed by atoms with van der Waals surface area (Å²) in [6.45, 7) is 8.33. The summed E-state index contributed by atoms with van der Waals surface area (Å²) < 4.78 is 1.70. The third-order valence-electron chi connectivity index (χ3n) is 5.05. The average molecular weight is 405 g/mol. The molecule has 2 amide bonds. The van der Waals surface area contributed by atoms with E-state index in [1.165, 1.54) is 5.56 Å². The lowest BCUT2D eigenvalue weighted by atomic mass is 10.0. The Morgan fingerprint density at radius 2 is 1.80 bits per heavy atom. The zero-order chi connectivity index (χ0) is 21.7. The average Bonchev–Trinajstić information content (AvgIpc) is 3.20. The fraction of sp³-hybridized carbons (Fsp3) is 0.292. The van der Waals surface area contributed by atoms with Crippen LogP contribution in [-0.4, -0.2) is 34.2 Å². The van der Waals surface area contributed by atoms with Crippen molar-refractivity contribution < 1.29 is 9.59 Å². The molecule has 2 aromatic carbocycles. The summed E-state index contributed by atoms with van der Waals surface area (Å²) in [5.74, 6) is -0.530. The molecule has 156 valence electrons. The molecular formula is C24H28N4O2. The maximum Gasteiger partial charge on any atom is 0.255 e. The predicted octanol–water partition coefficient (Wildman–Crippen LogP) is 3.80. The topological polar surface area (TPSA) is 76.0 Å². The lowest BCUT2D eigenvalue weighted by Crippen LogP contribution is -2.45. The van der Waals surface area contributed by atoms with E-state index in [-0.39, 0.29) is 11.8 Å². The summed E-state index contributed by atoms with van der Waals surface area (Å²) in [6.07, 6.45) is 2.55. The van der Waals surface area contributed by atoms with Crippen LogP contribution in [0.15, 0.2) is 54.7 Å². The van der Waals surface area contributed by atoms with Crippen LogP contribution in [0.5, 0.6) is 0 Å². The molecule has 6 nitrogen and oxygen atoms in total. The van der Waals surface area contributed by atoms with Crippen molar-refractivity contribution in [3.8, 4) is 16.9 Å². The molecule has 0 radical (unpaired) electrons. The Hall–Kier alpha value is -3.41. The number of hydrogen-bond acceptors (Lipinski definition) is 3. The maximum absolute atomic E-state index is 13.1. The second kappa shape index (κ2) is 9.39. The van der Waals surface area contributed by atoms with Crippen molar-refractivity contribution >= 4 is 11.8 Å². The molecule has 2 N–H and O–H groups in total. The maximum atomic E-state index is 13.1. The normalized spacial score (nSPS) is 11.7. The molecule has 0 saturated carbocycles. The molecule has 6 heteroatoms. The van der Waals surface area contributed by atoms with Gasteiger partial charge in [-0.15, -0.1) is 0 Å². The molecule has 1 heterocycles. The van der Waals surface area contributed by atoms with E-state index in [0.29, 0.717) is 17.8 Å². The second-order valence-corrected chi connectivity index (χ2v) is 7.46. The van der Waals surface area contributed by atoms with E-state index < -0.39 is 6.04 Å². The Balaban J connectivity index is 1.97. The van der Waals surface area contributed by atoms with E-state index in [0.717, 1.165) is 23.2 Å². The van der Waals surface area contributed by atoms with Gasteiger partial charge in [0.25, 0.3) is 5.91 Å². The van der Waals surface area contributed by atoms with Crippen molar-refractivity contribution in [2.75, 3.05) is 6.54 Å². The first-order chi connectivity index (χ1) is 14.4. The molecule has 3 aromatic rings. The lowest BCUT2D eigenvalue weighted by molar-refractivity contribution is -0.122. The SMILES string of the molecule is CCCNC(=O)[C@H](C)NC(=O)c1cn(-c2ccccc2)nc1-c1ccc(C)c(C)c1. The van der Waals surface area contributed by atoms with Gasteiger partial charge in [0.05, 0.1) is 11.3 Å². The van der Waals surface area contributed by atoms with E-state index in [9.17, 15) is 9.59 Å². The number of hydrogen-bond donors (Lipinski definition) is 2. The van der Waals surface area contributed by atoms with Gasteiger partial charge >= 0.3 is 0 Å². The Morgan fingerprint density at radius 1 is 1.07 bits per heavy atom. The number of carbonyl (C=O) groups is 2. The summed E-state index contributed by atoms with van der Waals surface area (Å²) in [5, 5.41) is 10.3. The van der Waals surface area contributed by atoms with Crippen molar-refractivity contribution in [3.63, 3.8) is 0 Å². The summed E-state index contributed by atoms with van der Waals surface area (Å²) in [4.78, 5) is 25.3. The van der Waals surface area contributed by atoms with Gasteiger partial charge < -0.3 is 10.6 Å². The monoisotopic (exact) mass is 404 g/mol. The number of nitrogens with one attached hydrogen (secondary N) is 2. The summed E-state index contributed by atoms with van der Waals surface area (Å²) >= 11 is 0. The van der Waals surface area contributed by atoms with Gasteiger partial charge in [0.15, 0.2) is 0 Å². The number of aryl methyl sites for hydroxylation is 2. The Labute approximate surface area is 177 Å². The third kappa shape index (κ3) is 4.76. The van der Waals surface area contributed by atoms with E-state index in [1.807, 2.05) is 69.3 Å². The quantitative estimate of drug-likeness (QED) is 0.629. The number of carbonyl (C=O) groups excluding carboxylic acids is 2. The van der Waals surface area contributed by atoms with Gasteiger partial charge in [-0.25, -0.2) is 4.68 Å². The summed E-state index contributed by atoms with van der Waals surface area (Å²) in [7, 11) is 0. The Morgan fingerprint density at radius 3 is 2.47 bits per heavy atom. The number of aromatic nitrogens is 2. The molecule has 0 unspecified atom stereocenters. The van der Waals surface area contributed by atoms with Crippen LogP contribution in [0.2, 0.25) is 0 Å². The van der Waals surface area contributed by atoms with Crippen molar-refractivity contribution in [2.24, 2.45) is 0 Å². The van der Waals surface area contributed by atoms with E-state index in [4.69, 9.17) is 5.10 Å². The van der Waals surface area contributed by atoms with Crippen molar-refractivity contribution in [2.45, 2.75) is 40.2 Å². The van der Waals surface area contributed by atoms with Crippen LogP contribution in [0.4, 0.5) is 0 Å². The Bertz CT molecular complexity index is 1040. The molecule has 0 fully saturated rings. The molecule has 0 spiro atoms. The molecule has 1 atom stereocenters. The first-order valence-corrected chi connectivity index (χ1v) is 10.2. The smallest absolute Gasteiger partial charge is 0.255 e. The number of amides is 2. The highest BCUT2D eigenvalue weighted by Crippen LogP contribution is 2.26. The van der Waals surface area contributed by atoms with Crippen LogP contribution >= 0.6 is 0 Å². The molecular weight excluding hydrogens is 376 g/mol. The molecule has 0 bridgehead atoms. The minimum atomic E-state index is -0.642. The van der Waals surface area contributed by atoms with Crippen LogP contribution in [0.25, 0.3) is 16.9 Å². The second-order valence-electron chi connectivity index (χ2n) is 7.46. The van der Waals surface area contributed by atoms with E-state index in [2.05, 4.69) is 10.6 Å². The van der Waals surface area contributed by atoms with Crippen LogP contribution in [0.1, 0.15) is 41.8 Å². The first kappa shape index (κ1) is 21.3. The number of nitrogens with zero attached hydrogens (tertiary/aromatic N) is 2. The minimum Gasteiger partial charge on any atom is -0.354 e. The van der Waals surface area contributed by atoms with Crippen molar-refractivity contribution in [1.29, 1.82) is 0 Å². The van der Waals surface area contributed by atoms with Gasteiger partial charge in [-0.2, -0.15) is 5.10 Å². The fourth-order valence-corrected chi connectivity index (χ4v) is 3.10. The zero-order valence-corrected chi connectivity index (χ0v) is 17.9. The van der Waals surface area contributed by atoms with Gasteiger partial charge in [-0.3, -0.25) is 9.59 Å². The van der Waals surface area contributed by atoms with Gasteiger partial charge in [-0.1, -0.05) is 37.3 Å². The van der Waals surface area contributed by atoms with Crippen LogP contribution < -0.4 is 10.6 Å². The molecule has 3 rings (SSSR count). The van der Waals surface area contributed by atoms with Crippen molar-refractivity contribution in [3.05, 3.63) is 71.4 Å². The molecule has 0 aliphatic rings. The van der Waals surface area contributed by atoms with Gasteiger partial charge in [0.1, 0.15) is 11.7 Å². The predicted molar refractivity (Wildman–Crippen MR) is 119 cm³/mol. The lowest BCUT2D eigenvalue weighted by Gasteiger charge is -2.14. The van der Waals surface area contributed by atoms with Crippen LogP contribution in [0.3, 0.4) is 0 Å². The van der Waals surface area contributed by atoms with Crippen LogP contribution in [0, 0.1) is 13.8 Å². The highest BCUT2D eigenvalue weighted by atomic mass is 16.2. The zero-order valence-electron chi connectivity index (χ0n) is 17.9. The number of para-hydroxylation sites is 1.